The van der Waals surface area contributed by atoms with Crippen LogP contribution >= 0.6 is 0 Å². The second kappa shape index (κ2) is 4.47. The lowest BCUT2D eigenvalue weighted by Gasteiger charge is -2.08. The third kappa shape index (κ3) is 2.08. The second-order valence-electron chi connectivity index (χ2n) is 2.98. The molecular formula is C11H11NO3. The van der Waals surface area contributed by atoms with Gasteiger partial charge in [-0.05, 0) is 24.1 Å². The molecule has 4 heteroatoms. The summed E-state index contributed by atoms with van der Waals surface area (Å²) in [5.74, 6) is -0.610. The number of rotatable bonds is 3. The fourth-order valence-electron chi connectivity index (χ4n) is 1.36. The number of nitrogens with zero attached hydrogens (tertiary/aromatic N) is 1. The predicted molar refractivity (Wildman–Crippen MR) is 54.0 cm³/mol. The molecule has 1 aromatic rings. The molecule has 0 fully saturated rings. The molecule has 0 unspecified atom stereocenters. The maximum atomic E-state index is 10.8. The summed E-state index contributed by atoms with van der Waals surface area (Å²) in [6.07, 6.45) is 0.692. The van der Waals surface area contributed by atoms with E-state index in [1.165, 1.54) is 13.2 Å². The first kappa shape index (κ1) is 11.1. The van der Waals surface area contributed by atoms with Crippen molar-refractivity contribution in [3.8, 4) is 11.8 Å². The quantitative estimate of drug-likeness (QED) is 0.817. The first-order chi connectivity index (χ1) is 7.13. The topological polar surface area (TPSA) is 70.3 Å². The summed E-state index contributed by atoms with van der Waals surface area (Å²) in [7, 11) is 1.48. The van der Waals surface area contributed by atoms with E-state index in [4.69, 9.17) is 15.1 Å². The van der Waals surface area contributed by atoms with Crippen LogP contribution in [0.3, 0.4) is 0 Å². The van der Waals surface area contributed by atoms with Gasteiger partial charge in [-0.25, -0.2) is 4.79 Å². The van der Waals surface area contributed by atoms with E-state index in [2.05, 4.69) is 0 Å². The molecule has 0 aliphatic heterocycles. The number of aryl methyl sites for hydroxylation is 1. The molecule has 0 aliphatic carbocycles. The van der Waals surface area contributed by atoms with Crippen molar-refractivity contribution in [1.29, 1.82) is 5.26 Å². The van der Waals surface area contributed by atoms with Gasteiger partial charge < -0.3 is 9.84 Å². The van der Waals surface area contributed by atoms with Crippen LogP contribution in [0, 0.1) is 11.3 Å². The molecule has 0 amide bonds. The average Bonchev–Trinajstić information content (AvgIpc) is 2.26. The smallest absolute Gasteiger partial charge is 0.337 e. The van der Waals surface area contributed by atoms with Gasteiger partial charge in [-0.15, -0.1) is 0 Å². The van der Waals surface area contributed by atoms with Crippen LogP contribution in [0.2, 0.25) is 0 Å². The van der Waals surface area contributed by atoms with Crippen molar-refractivity contribution in [2.75, 3.05) is 7.11 Å². The summed E-state index contributed by atoms with van der Waals surface area (Å²) in [5, 5.41) is 17.7. The number of methoxy groups -OCH3 is 1. The van der Waals surface area contributed by atoms with Gasteiger partial charge in [0, 0.05) is 0 Å². The highest BCUT2D eigenvalue weighted by atomic mass is 16.5. The molecule has 0 bridgehead atoms. The maximum Gasteiger partial charge on any atom is 0.337 e. The minimum atomic E-state index is -1.12. The van der Waals surface area contributed by atoms with E-state index in [1.54, 1.807) is 6.07 Å². The number of hydrogen-bond acceptors (Lipinski definition) is 3. The number of ether oxygens (including phenoxy) is 1. The van der Waals surface area contributed by atoms with E-state index in [-0.39, 0.29) is 11.1 Å². The molecule has 0 heterocycles. The molecule has 0 atom stereocenters. The van der Waals surface area contributed by atoms with Crippen LogP contribution in [0.4, 0.5) is 0 Å². The first-order valence-corrected chi connectivity index (χ1v) is 4.48. The zero-order valence-corrected chi connectivity index (χ0v) is 8.57. The molecule has 1 rings (SSSR count). The Balaban J connectivity index is 3.42. The van der Waals surface area contributed by atoms with Crippen LogP contribution in [0.1, 0.15) is 28.4 Å². The van der Waals surface area contributed by atoms with Crippen LogP contribution in [0.25, 0.3) is 0 Å². The van der Waals surface area contributed by atoms with Gasteiger partial charge >= 0.3 is 5.97 Å². The summed E-state index contributed by atoms with van der Waals surface area (Å²) in [6.45, 7) is 1.92. The molecule has 0 aliphatic rings. The molecule has 4 nitrogen and oxygen atoms in total. The number of carboxylic acid groups (broad SMARTS) is 1. The Morgan fingerprint density at radius 1 is 1.60 bits per heavy atom. The van der Waals surface area contributed by atoms with Crippen molar-refractivity contribution >= 4 is 5.97 Å². The van der Waals surface area contributed by atoms with Crippen molar-refractivity contribution in [3.05, 3.63) is 28.8 Å². The van der Waals surface area contributed by atoms with E-state index in [0.717, 1.165) is 5.56 Å². The monoisotopic (exact) mass is 205 g/mol. The Morgan fingerprint density at radius 3 is 2.67 bits per heavy atom. The highest BCUT2D eigenvalue weighted by molar-refractivity contribution is 5.91. The summed E-state index contributed by atoms with van der Waals surface area (Å²) in [5.41, 5.74) is 0.978. The highest BCUT2D eigenvalue weighted by Gasteiger charge is 2.14. The van der Waals surface area contributed by atoms with Gasteiger partial charge in [-0.2, -0.15) is 5.26 Å². The SMILES string of the molecule is CCc1cc(C#N)c(C(=O)O)cc1OC. The Morgan fingerprint density at radius 2 is 2.27 bits per heavy atom. The number of aromatic carboxylic acids is 1. The van der Waals surface area contributed by atoms with Crippen LogP contribution < -0.4 is 4.74 Å². The van der Waals surface area contributed by atoms with Gasteiger partial charge in [0.15, 0.2) is 0 Å². The molecule has 0 spiro atoms. The molecule has 0 saturated heterocycles. The normalized spacial score (nSPS) is 9.40. The number of hydrogen-bond donors (Lipinski definition) is 1. The minimum absolute atomic E-state index is 0.0217. The maximum absolute atomic E-state index is 10.8. The van der Waals surface area contributed by atoms with Gasteiger partial charge in [-0.3, -0.25) is 0 Å². The molecule has 0 aromatic heterocycles. The van der Waals surface area contributed by atoms with Gasteiger partial charge in [-0.1, -0.05) is 6.92 Å². The standard InChI is InChI=1S/C11H11NO3/c1-3-7-4-8(6-12)9(11(13)14)5-10(7)15-2/h4-5H,3H2,1-2H3,(H,13,14). The van der Waals surface area contributed by atoms with E-state index in [9.17, 15) is 4.79 Å². The van der Waals surface area contributed by atoms with Crippen LogP contribution in [-0.2, 0) is 6.42 Å². The minimum Gasteiger partial charge on any atom is -0.496 e. The van der Waals surface area contributed by atoms with E-state index >= 15 is 0 Å². The Bertz CT molecular complexity index is 432. The van der Waals surface area contributed by atoms with Gasteiger partial charge in [0.1, 0.15) is 11.8 Å². The lowest BCUT2D eigenvalue weighted by Crippen LogP contribution is -2.03. The number of carbonyl (C=O) groups is 1. The van der Waals surface area contributed by atoms with Gasteiger partial charge in [0.2, 0.25) is 0 Å². The fourth-order valence-corrected chi connectivity index (χ4v) is 1.36. The Labute approximate surface area is 87.7 Å². The largest absolute Gasteiger partial charge is 0.496 e. The Hall–Kier alpha value is -2.02. The van der Waals surface area contributed by atoms with E-state index < -0.39 is 5.97 Å². The molecule has 15 heavy (non-hydrogen) atoms. The number of nitriles is 1. The summed E-state index contributed by atoms with van der Waals surface area (Å²) in [6, 6.07) is 4.81. The lowest BCUT2D eigenvalue weighted by molar-refractivity contribution is 0.0696. The molecule has 1 N–H and O–H groups in total. The summed E-state index contributed by atoms with van der Waals surface area (Å²) >= 11 is 0. The van der Waals surface area contributed by atoms with Gasteiger partial charge in [0.05, 0.1) is 18.2 Å². The van der Waals surface area contributed by atoms with Crippen LogP contribution in [-0.4, -0.2) is 18.2 Å². The number of carboxylic acids is 1. The predicted octanol–water partition coefficient (Wildman–Crippen LogP) is 1.83. The molecule has 78 valence electrons. The third-order valence-corrected chi connectivity index (χ3v) is 2.15. The first-order valence-electron chi connectivity index (χ1n) is 4.48. The summed E-state index contributed by atoms with van der Waals surface area (Å²) < 4.78 is 5.05. The molecule has 1 aromatic carbocycles. The van der Waals surface area contributed by atoms with Crippen molar-refractivity contribution in [2.45, 2.75) is 13.3 Å². The molecular weight excluding hydrogens is 194 g/mol. The van der Waals surface area contributed by atoms with Crippen molar-refractivity contribution in [3.63, 3.8) is 0 Å². The third-order valence-electron chi connectivity index (χ3n) is 2.15. The van der Waals surface area contributed by atoms with Crippen molar-refractivity contribution in [1.82, 2.24) is 0 Å². The summed E-state index contributed by atoms with van der Waals surface area (Å²) in [4.78, 5) is 10.8. The van der Waals surface area contributed by atoms with E-state index in [0.29, 0.717) is 12.2 Å². The zero-order valence-electron chi connectivity index (χ0n) is 8.57. The number of benzene rings is 1. The molecule has 0 radical (unpaired) electrons. The second-order valence-corrected chi connectivity index (χ2v) is 2.98. The van der Waals surface area contributed by atoms with E-state index in [1.807, 2.05) is 13.0 Å². The lowest BCUT2D eigenvalue weighted by atomic mass is 10.0. The Kier molecular flexibility index (Phi) is 3.29. The van der Waals surface area contributed by atoms with Crippen LogP contribution in [0.5, 0.6) is 5.75 Å². The zero-order chi connectivity index (χ0) is 11.4. The van der Waals surface area contributed by atoms with Crippen molar-refractivity contribution < 1.29 is 14.6 Å². The average molecular weight is 205 g/mol. The van der Waals surface area contributed by atoms with Crippen molar-refractivity contribution in [2.24, 2.45) is 0 Å². The van der Waals surface area contributed by atoms with Crippen LogP contribution in [0.15, 0.2) is 12.1 Å². The fraction of sp³-hybridized carbons (Fsp3) is 0.273. The molecule has 0 saturated carbocycles. The highest BCUT2D eigenvalue weighted by Crippen LogP contribution is 2.23. The van der Waals surface area contributed by atoms with Gasteiger partial charge in [0.25, 0.3) is 0 Å².